The fourth-order valence-corrected chi connectivity index (χ4v) is 3.38. The van der Waals surface area contributed by atoms with Gasteiger partial charge in [-0.15, -0.1) is 0 Å². The zero-order valence-corrected chi connectivity index (χ0v) is 13.1. The van der Waals surface area contributed by atoms with Gasteiger partial charge in [0.05, 0.1) is 11.6 Å². The van der Waals surface area contributed by atoms with Crippen LogP contribution in [-0.2, 0) is 6.42 Å². The quantitative estimate of drug-likeness (QED) is 0.917. The highest BCUT2D eigenvalue weighted by molar-refractivity contribution is 9.10. The van der Waals surface area contributed by atoms with Crippen LogP contribution in [0.3, 0.4) is 0 Å². The SMILES string of the molecule is COc1c(CC2CCCCN2)cc(C)c(C)c1Br. The zero-order chi connectivity index (χ0) is 13.1. The van der Waals surface area contributed by atoms with E-state index in [-0.39, 0.29) is 0 Å². The van der Waals surface area contributed by atoms with E-state index in [0.29, 0.717) is 6.04 Å². The maximum Gasteiger partial charge on any atom is 0.136 e. The third-order valence-corrected chi connectivity index (χ3v) is 4.84. The number of nitrogens with one attached hydrogen (secondary N) is 1. The van der Waals surface area contributed by atoms with Crippen molar-refractivity contribution in [3.05, 3.63) is 27.2 Å². The number of halogens is 1. The van der Waals surface area contributed by atoms with Crippen LogP contribution in [0.25, 0.3) is 0 Å². The number of methoxy groups -OCH3 is 1. The van der Waals surface area contributed by atoms with E-state index in [2.05, 4.69) is 41.2 Å². The molecule has 2 rings (SSSR count). The molecule has 18 heavy (non-hydrogen) atoms. The molecule has 1 heterocycles. The highest BCUT2D eigenvalue weighted by Crippen LogP contribution is 2.35. The van der Waals surface area contributed by atoms with E-state index in [1.807, 2.05) is 0 Å². The van der Waals surface area contributed by atoms with Crippen molar-refractivity contribution in [3.8, 4) is 5.75 Å². The highest BCUT2D eigenvalue weighted by Gasteiger charge is 2.18. The lowest BCUT2D eigenvalue weighted by atomic mass is 9.95. The van der Waals surface area contributed by atoms with Crippen molar-refractivity contribution in [1.82, 2.24) is 5.32 Å². The average Bonchev–Trinajstić information content (AvgIpc) is 2.38. The Morgan fingerprint density at radius 2 is 2.17 bits per heavy atom. The Morgan fingerprint density at radius 1 is 1.39 bits per heavy atom. The normalized spacial score (nSPS) is 19.9. The molecule has 1 saturated heterocycles. The van der Waals surface area contributed by atoms with E-state index < -0.39 is 0 Å². The lowest BCUT2D eigenvalue weighted by molar-refractivity contribution is 0.380. The first-order valence-corrected chi connectivity index (χ1v) is 7.48. The van der Waals surface area contributed by atoms with Crippen LogP contribution in [0.4, 0.5) is 0 Å². The minimum Gasteiger partial charge on any atom is -0.495 e. The molecule has 1 N–H and O–H groups in total. The number of aryl methyl sites for hydroxylation is 1. The van der Waals surface area contributed by atoms with Gasteiger partial charge in [-0.1, -0.05) is 12.5 Å². The van der Waals surface area contributed by atoms with Gasteiger partial charge < -0.3 is 10.1 Å². The third kappa shape index (κ3) is 2.89. The summed E-state index contributed by atoms with van der Waals surface area (Å²) in [7, 11) is 1.76. The first-order chi connectivity index (χ1) is 8.63. The summed E-state index contributed by atoms with van der Waals surface area (Å²) in [4.78, 5) is 0. The Balaban J connectivity index is 2.25. The molecule has 1 aliphatic heterocycles. The first kappa shape index (κ1) is 13.9. The van der Waals surface area contributed by atoms with Crippen LogP contribution in [0, 0.1) is 13.8 Å². The molecule has 0 radical (unpaired) electrons. The molecule has 0 saturated carbocycles. The molecular formula is C15H22BrNO. The second kappa shape index (κ2) is 6.07. The molecule has 2 nitrogen and oxygen atoms in total. The van der Waals surface area contributed by atoms with E-state index >= 15 is 0 Å². The summed E-state index contributed by atoms with van der Waals surface area (Å²) in [6.45, 7) is 5.45. The zero-order valence-electron chi connectivity index (χ0n) is 11.5. The van der Waals surface area contributed by atoms with Gasteiger partial charge in [0.25, 0.3) is 0 Å². The number of piperidine rings is 1. The molecular weight excluding hydrogens is 290 g/mol. The Hall–Kier alpha value is -0.540. The van der Waals surface area contributed by atoms with Crippen molar-refractivity contribution in [2.75, 3.05) is 13.7 Å². The standard InChI is InChI=1S/C15H22BrNO/c1-10-8-12(9-13-6-4-5-7-17-13)15(18-3)14(16)11(10)2/h8,13,17H,4-7,9H2,1-3H3. The van der Waals surface area contributed by atoms with Gasteiger partial charge in [-0.3, -0.25) is 0 Å². The third-order valence-electron chi connectivity index (χ3n) is 3.89. The number of hydrogen-bond donors (Lipinski definition) is 1. The summed E-state index contributed by atoms with van der Waals surface area (Å²) in [5.74, 6) is 1.01. The van der Waals surface area contributed by atoms with Crippen molar-refractivity contribution < 1.29 is 4.74 Å². The largest absolute Gasteiger partial charge is 0.495 e. The number of ether oxygens (including phenoxy) is 1. The molecule has 1 aromatic carbocycles. The summed E-state index contributed by atoms with van der Waals surface area (Å²) >= 11 is 3.66. The monoisotopic (exact) mass is 311 g/mol. The van der Waals surface area contributed by atoms with E-state index in [1.54, 1.807) is 7.11 Å². The fourth-order valence-electron chi connectivity index (χ4n) is 2.66. The van der Waals surface area contributed by atoms with Crippen LogP contribution in [0.15, 0.2) is 10.5 Å². The molecule has 1 aliphatic rings. The molecule has 0 bridgehead atoms. The van der Waals surface area contributed by atoms with Gasteiger partial charge in [-0.05, 0) is 72.3 Å². The number of benzene rings is 1. The van der Waals surface area contributed by atoms with Crippen LogP contribution >= 0.6 is 15.9 Å². The Labute approximate surface area is 118 Å². The van der Waals surface area contributed by atoms with Crippen molar-refractivity contribution in [2.45, 2.75) is 45.6 Å². The smallest absolute Gasteiger partial charge is 0.136 e. The molecule has 0 aliphatic carbocycles. The molecule has 0 amide bonds. The van der Waals surface area contributed by atoms with Gasteiger partial charge in [0.1, 0.15) is 5.75 Å². The van der Waals surface area contributed by atoms with Crippen LogP contribution in [0.2, 0.25) is 0 Å². The molecule has 1 atom stereocenters. The van der Waals surface area contributed by atoms with Crippen LogP contribution < -0.4 is 10.1 Å². The summed E-state index contributed by atoms with van der Waals surface area (Å²) in [5.41, 5.74) is 3.91. The van der Waals surface area contributed by atoms with E-state index in [9.17, 15) is 0 Å². The Morgan fingerprint density at radius 3 is 2.78 bits per heavy atom. The topological polar surface area (TPSA) is 21.3 Å². The molecule has 3 heteroatoms. The summed E-state index contributed by atoms with van der Waals surface area (Å²) in [6.07, 6.45) is 4.98. The second-order valence-corrected chi connectivity index (χ2v) is 5.97. The van der Waals surface area contributed by atoms with Crippen molar-refractivity contribution in [3.63, 3.8) is 0 Å². The highest BCUT2D eigenvalue weighted by atomic mass is 79.9. The van der Waals surface area contributed by atoms with Gasteiger partial charge in [0.2, 0.25) is 0 Å². The Bertz CT molecular complexity index is 425. The van der Waals surface area contributed by atoms with E-state index in [0.717, 1.165) is 23.2 Å². The predicted octanol–water partition coefficient (Wildman–Crippen LogP) is 3.76. The van der Waals surface area contributed by atoms with E-state index in [4.69, 9.17) is 4.74 Å². The predicted molar refractivity (Wildman–Crippen MR) is 79.5 cm³/mol. The van der Waals surface area contributed by atoms with Gasteiger partial charge >= 0.3 is 0 Å². The molecule has 1 aromatic rings. The first-order valence-electron chi connectivity index (χ1n) is 6.69. The lowest BCUT2D eigenvalue weighted by Crippen LogP contribution is -2.35. The van der Waals surface area contributed by atoms with Gasteiger partial charge in [-0.2, -0.15) is 0 Å². The minimum atomic E-state index is 0.599. The van der Waals surface area contributed by atoms with Crippen molar-refractivity contribution in [2.24, 2.45) is 0 Å². The summed E-state index contributed by atoms with van der Waals surface area (Å²) < 4.78 is 6.69. The van der Waals surface area contributed by atoms with Crippen LogP contribution in [0.5, 0.6) is 5.75 Å². The number of rotatable bonds is 3. The lowest BCUT2D eigenvalue weighted by Gasteiger charge is -2.25. The molecule has 1 unspecified atom stereocenters. The molecule has 100 valence electrons. The van der Waals surface area contributed by atoms with E-state index in [1.165, 1.54) is 36.0 Å². The van der Waals surface area contributed by atoms with Crippen LogP contribution in [0.1, 0.15) is 36.0 Å². The van der Waals surface area contributed by atoms with Gasteiger partial charge in [0.15, 0.2) is 0 Å². The molecule has 0 aromatic heterocycles. The maximum atomic E-state index is 5.58. The summed E-state index contributed by atoms with van der Waals surface area (Å²) in [5, 5.41) is 3.60. The van der Waals surface area contributed by atoms with Gasteiger partial charge in [0, 0.05) is 6.04 Å². The van der Waals surface area contributed by atoms with Crippen molar-refractivity contribution >= 4 is 15.9 Å². The van der Waals surface area contributed by atoms with Gasteiger partial charge in [-0.25, -0.2) is 0 Å². The fraction of sp³-hybridized carbons (Fsp3) is 0.600. The average molecular weight is 312 g/mol. The second-order valence-electron chi connectivity index (χ2n) is 5.18. The molecule has 1 fully saturated rings. The van der Waals surface area contributed by atoms with Crippen LogP contribution in [-0.4, -0.2) is 19.7 Å². The molecule has 0 spiro atoms. The Kier molecular flexibility index (Phi) is 4.68. The summed E-state index contributed by atoms with van der Waals surface area (Å²) in [6, 6.07) is 2.87. The van der Waals surface area contributed by atoms with Crippen molar-refractivity contribution in [1.29, 1.82) is 0 Å². The number of hydrogen-bond acceptors (Lipinski definition) is 2. The minimum absolute atomic E-state index is 0.599. The maximum absolute atomic E-state index is 5.58.